The van der Waals surface area contributed by atoms with Gasteiger partial charge in [-0.2, -0.15) is 0 Å². The van der Waals surface area contributed by atoms with E-state index in [0.717, 1.165) is 5.56 Å². The average molecular weight is 446 g/mol. The third kappa shape index (κ3) is 7.35. The van der Waals surface area contributed by atoms with Crippen LogP contribution in [0.5, 0.6) is 0 Å². The second kappa shape index (κ2) is 10.3. The summed E-state index contributed by atoms with van der Waals surface area (Å²) in [6, 6.07) is 9.10. The van der Waals surface area contributed by atoms with E-state index in [1.165, 1.54) is 0 Å². The molecular weight excluding hydrogens is 410 g/mol. The number of rotatable bonds is 10. The Labute approximate surface area is 186 Å². The SMILES string of the molecule is C=CCN(Cc1cnc(S(=O)(=O)Cc2ccccc2)n1CC(C)C)C(=O)CC(C)(C)C. The van der Waals surface area contributed by atoms with Crippen molar-refractivity contribution in [1.82, 2.24) is 14.5 Å². The van der Waals surface area contributed by atoms with E-state index < -0.39 is 9.84 Å². The predicted octanol–water partition coefficient (Wildman–Crippen LogP) is 4.46. The summed E-state index contributed by atoms with van der Waals surface area (Å²) in [5.41, 5.74) is 1.29. The monoisotopic (exact) mass is 445 g/mol. The Morgan fingerprint density at radius 2 is 1.87 bits per heavy atom. The standard InChI is InChI=1S/C24H35N3O3S/c1-7-13-26(22(28)14-24(4,5)6)17-21-15-25-23(27(21)16-19(2)3)31(29,30)18-20-11-9-8-10-12-20/h7-12,15,19H,1,13-14,16-18H2,2-6H3. The Morgan fingerprint density at radius 3 is 2.42 bits per heavy atom. The van der Waals surface area contributed by atoms with Gasteiger partial charge in [0.1, 0.15) is 0 Å². The number of amides is 1. The zero-order valence-electron chi connectivity index (χ0n) is 19.3. The minimum absolute atomic E-state index is 0.0124. The van der Waals surface area contributed by atoms with Crippen molar-refractivity contribution < 1.29 is 13.2 Å². The number of sulfone groups is 1. The van der Waals surface area contributed by atoms with E-state index in [9.17, 15) is 13.2 Å². The van der Waals surface area contributed by atoms with Crippen LogP contribution in [-0.2, 0) is 33.5 Å². The van der Waals surface area contributed by atoms with Gasteiger partial charge in [0.25, 0.3) is 0 Å². The molecule has 0 aliphatic heterocycles. The van der Waals surface area contributed by atoms with Crippen molar-refractivity contribution in [3.05, 3.63) is 60.4 Å². The summed E-state index contributed by atoms with van der Waals surface area (Å²) < 4.78 is 28.1. The quantitative estimate of drug-likeness (QED) is 0.506. The van der Waals surface area contributed by atoms with E-state index in [1.54, 1.807) is 33.9 Å². The van der Waals surface area contributed by atoms with Gasteiger partial charge in [-0.25, -0.2) is 13.4 Å². The van der Waals surface area contributed by atoms with Gasteiger partial charge < -0.3 is 9.47 Å². The van der Waals surface area contributed by atoms with Gasteiger partial charge in [0.05, 0.1) is 24.2 Å². The molecule has 0 fully saturated rings. The molecule has 0 atom stereocenters. The molecule has 1 heterocycles. The van der Waals surface area contributed by atoms with Gasteiger partial charge in [0.2, 0.25) is 20.9 Å². The van der Waals surface area contributed by atoms with E-state index in [0.29, 0.717) is 31.7 Å². The van der Waals surface area contributed by atoms with Crippen molar-refractivity contribution in [2.45, 2.75) is 65.0 Å². The van der Waals surface area contributed by atoms with Crippen molar-refractivity contribution in [2.24, 2.45) is 11.3 Å². The minimum atomic E-state index is -3.64. The second-order valence-corrected chi connectivity index (χ2v) is 11.5. The summed E-state index contributed by atoms with van der Waals surface area (Å²) >= 11 is 0. The maximum atomic E-state index is 13.2. The minimum Gasteiger partial charge on any atom is -0.333 e. The first-order chi connectivity index (χ1) is 14.4. The molecule has 0 N–H and O–H groups in total. The van der Waals surface area contributed by atoms with Gasteiger partial charge >= 0.3 is 0 Å². The molecule has 0 unspecified atom stereocenters. The molecule has 0 saturated carbocycles. The first-order valence-corrected chi connectivity index (χ1v) is 12.3. The van der Waals surface area contributed by atoms with Crippen LogP contribution in [0.2, 0.25) is 0 Å². The summed E-state index contributed by atoms with van der Waals surface area (Å²) in [5.74, 6) is 0.122. The lowest BCUT2D eigenvalue weighted by Gasteiger charge is -2.26. The molecule has 0 saturated heterocycles. The average Bonchev–Trinajstić information content (AvgIpc) is 3.03. The molecule has 31 heavy (non-hydrogen) atoms. The third-order valence-corrected chi connectivity index (χ3v) is 6.26. The molecule has 170 valence electrons. The number of carbonyl (C=O) groups excluding carboxylic acids is 1. The normalized spacial score (nSPS) is 12.2. The maximum Gasteiger partial charge on any atom is 0.228 e. The Morgan fingerprint density at radius 1 is 1.23 bits per heavy atom. The van der Waals surface area contributed by atoms with Crippen molar-refractivity contribution in [2.75, 3.05) is 6.54 Å². The van der Waals surface area contributed by atoms with Crippen LogP contribution in [0.25, 0.3) is 0 Å². The van der Waals surface area contributed by atoms with Crippen LogP contribution in [0.15, 0.2) is 54.3 Å². The molecule has 2 rings (SSSR count). The van der Waals surface area contributed by atoms with Crippen molar-refractivity contribution in [1.29, 1.82) is 0 Å². The van der Waals surface area contributed by atoms with Gasteiger partial charge in [0.15, 0.2) is 0 Å². The Balaban J connectivity index is 2.38. The molecule has 0 radical (unpaired) electrons. The van der Waals surface area contributed by atoms with E-state index in [4.69, 9.17) is 0 Å². The zero-order chi connectivity index (χ0) is 23.2. The van der Waals surface area contributed by atoms with Crippen LogP contribution in [-0.4, -0.2) is 35.3 Å². The number of nitrogens with zero attached hydrogens (tertiary/aromatic N) is 3. The summed E-state index contributed by atoms with van der Waals surface area (Å²) in [6.45, 7) is 15.1. The lowest BCUT2D eigenvalue weighted by atomic mass is 9.91. The number of hydrogen-bond acceptors (Lipinski definition) is 4. The molecule has 7 heteroatoms. The largest absolute Gasteiger partial charge is 0.333 e. The molecule has 1 aromatic carbocycles. The van der Waals surface area contributed by atoms with Gasteiger partial charge in [-0.15, -0.1) is 6.58 Å². The maximum absolute atomic E-state index is 13.2. The van der Waals surface area contributed by atoms with Gasteiger partial charge in [-0.3, -0.25) is 4.79 Å². The molecule has 0 bridgehead atoms. The fraction of sp³-hybridized carbons (Fsp3) is 0.500. The van der Waals surface area contributed by atoms with Crippen LogP contribution in [0.4, 0.5) is 0 Å². The Hall–Kier alpha value is -2.41. The van der Waals surface area contributed by atoms with Gasteiger partial charge in [-0.05, 0) is 16.9 Å². The Bertz CT molecular complexity index is 987. The molecular formula is C24H35N3O3S. The topological polar surface area (TPSA) is 72.3 Å². The first kappa shape index (κ1) is 24.9. The van der Waals surface area contributed by atoms with E-state index >= 15 is 0 Å². The molecule has 6 nitrogen and oxygen atoms in total. The number of benzene rings is 1. The van der Waals surface area contributed by atoms with Crippen LogP contribution in [0.3, 0.4) is 0 Å². The number of imidazole rings is 1. The highest BCUT2D eigenvalue weighted by molar-refractivity contribution is 7.90. The summed E-state index contributed by atoms with van der Waals surface area (Å²) in [4.78, 5) is 18.9. The molecule has 0 spiro atoms. The molecule has 1 amide bonds. The van der Waals surface area contributed by atoms with Gasteiger partial charge in [-0.1, -0.05) is 71.0 Å². The third-order valence-electron chi connectivity index (χ3n) is 4.66. The van der Waals surface area contributed by atoms with Crippen LogP contribution in [0.1, 0.15) is 52.3 Å². The summed E-state index contributed by atoms with van der Waals surface area (Å²) in [7, 11) is -3.64. The van der Waals surface area contributed by atoms with Crippen molar-refractivity contribution in [3.63, 3.8) is 0 Å². The lowest BCUT2D eigenvalue weighted by Crippen LogP contribution is -2.34. The first-order valence-electron chi connectivity index (χ1n) is 10.6. The Kier molecular flexibility index (Phi) is 8.23. The highest BCUT2D eigenvalue weighted by Crippen LogP contribution is 2.23. The van der Waals surface area contributed by atoms with Crippen LogP contribution in [0, 0.1) is 11.3 Å². The van der Waals surface area contributed by atoms with E-state index in [-0.39, 0.29) is 28.1 Å². The van der Waals surface area contributed by atoms with Crippen LogP contribution < -0.4 is 0 Å². The molecule has 2 aromatic rings. The second-order valence-electron chi connectivity index (χ2n) is 9.58. The predicted molar refractivity (Wildman–Crippen MR) is 124 cm³/mol. The van der Waals surface area contributed by atoms with Crippen molar-refractivity contribution >= 4 is 15.7 Å². The zero-order valence-corrected chi connectivity index (χ0v) is 20.2. The van der Waals surface area contributed by atoms with Gasteiger partial charge in [0, 0.05) is 19.5 Å². The highest BCUT2D eigenvalue weighted by Gasteiger charge is 2.27. The van der Waals surface area contributed by atoms with E-state index in [2.05, 4.69) is 11.6 Å². The van der Waals surface area contributed by atoms with Crippen LogP contribution >= 0.6 is 0 Å². The molecule has 0 aliphatic carbocycles. The molecule has 1 aromatic heterocycles. The fourth-order valence-electron chi connectivity index (χ4n) is 3.36. The number of aromatic nitrogens is 2. The summed E-state index contributed by atoms with van der Waals surface area (Å²) in [5, 5.41) is 0.0573. The molecule has 0 aliphatic rings. The smallest absolute Gasteiger partial charge is 0.228 e. The fourth-order valence-corrected chi connectivity index (χ4v) is 4.86. The number of hydrogen-bond donors (Lipinski definition) is 0. The summed E-state index contributed by atoms with van der Waals surface area (Å²) in [6.07, 6.45) is 3.68. The number of carbonyl (C=O) groups is 1. The van der Waals surface area contributed by atoms with E-state index in [1.807, 2.05) is 52.8 Å². The lowest BCUT2D eigenvalue weighted by molar-refractivity contribution is -0.133. The van der Waals surface area contributed by atoms with Crippen molar-refractivity contribution in [3.8, 4) is 0 Å². The highest BCUT2D eigenvalue weighted by atomic mass is 32.2.